The topological polar surface area (TPSA) is 75.7 Å². The van der Waals surface area contributed by atoms with Crippen LogP contribution in [0.1, 0.15) is 29.5 Å². The molecule has 0 radical (unpaired) electrons. The van der Waals surface area contributed by atoms with Gasteiger partial charge in [0.2, 0.25) is 0 Å². The molecule has 6 nitrogen and oxygen atoms in total. The summed E-state index contributed by atoms with van der Waals surface area (Å²) in [4.78, 5) is 14.7. The normalized spacial score (nSPS) is 18.9. The number of rotatable bonds is 4. The fraction of sp³-hybridized carbons (Fsp3) is 0.381. The summed E-state index contributed by atoms with van der Waals surface area (Å²) in [5.74, 6) is -0.0364. The van der Waals surface area contributed by atoms with Gasteiger partial charge in [-0.1, -0.05) is 23.8 Å². The van der Waals surface area contributed by atoms with Gasteiger partial charge >= 0.3 is 0 Å². The molecule has 1 amide bonds. The van der Waals surface area contributed by atoms with Crippen molar-refractivity contribution in [3.05, 3.63) is 53.1 Å². The van der Waals surface area contributed by atoms with Crippen LogP contribution in [0, 0.1) is 13.8 Å². The van der Waals surface area contributed by atoms with Crippen LogP contribution < -0.4 is 9.62 Å². The molecular formula is C21H24N2O4S. The van der Waals surface area contributed by atoms with E-state index in [4.69, 9.17) is 4.74 Å². The summed E-state index contributed by atoms with van der Waals surface area (Å²) in [5.41, 5.74) is 3.97. The monoisotopic (exact) mass is 400 g/mol. The maximum atomic E-state index is 12.8. The Hall–Kier alpha value is -2.38. The van der Waals surface area contributed by atoms with Gasteiger partial charge in [0, 0.05) is 18.8 Å². The Morgan fingerprint density at radius 2 is 2.00 bits per heavy atom. The molecule has 0 saturated carbocycles. The van der Waals surface area contributed by atoms with Crippen LogP contribution in [0.3, 0.4) is 0 Å². The van der Waals surface area contributed by atoms with Crippen molar-refractivity contribution in [2.75, 3.05) is 22.8 Å². The molecule has 2 heterocycles. The van der Waals surface area contributed by atoms with Crippen molar-refractivity contribution in [1.29, 1.82) is 0 Å². The Labute approximate surface area is 165 Å². The number of sulfonamides is 1. The molecule has 0 bridgehead atoms. The minimum atomic E-state index is -3.71. The lowest BCUT2D eigenvalue weighted by atomic mass is 10.1. The summed E-state index contributed by atoms with van der Waals surface area (Å²) in [7, 11) is -3.71. The van der Waals surface area contributed by atoms with E-state index in [1.54, 1.807) is 36.1 Å². The molecule has 28 heavy (non-hydrogen) atoms. The fourth-order valence-electron chi connectivity index (χ4n) is 3.93. The van der Waals surface area contributed by atoms with E-state index in [-0.39, 0.29) is 16.9 Å². The summed E-state index contributed by atoms with van der Waals surface area (Å²) in [5, 5.41) is 0. The first-order chi connectivity index (χ1) is 13.3. The van der Waals surface area contributed by atoms with Crippen LogP contribution in [-0.2, 0) is 26.0 Å². The highest BCUT2D eigenvalue weighted by molar-refractivity contribution is 7.92. The Bertz CT molecular complexity index is 1030. The van der Waals surface area contributed by atoms with Crippen molar-refractivity contribution in [3.63, 3.8) is 0 Å². The summed E-state index contributed by atoms with van der Waals surface area (Å²) in [6.45, 7) is 4.93. The third-order valence-corrected chi connectivity index (χ3v) is 6.87. The van der Waals surface area contributed by atoms with Gasteiger partial charge in [-0.05, 0) is 62.4 Å². The minimum absolute atomic E-state index is 0.0364. The van der Waals surface area contributed by atoms with Crippen molar-refractivity contribution < 1.29 is 17.9 Å². The van der Waals surface area contributed by atoms with Gasteiger partial charge < -0.3 is 9.64 Å². The molecule has 7 heteroatoms. The highest BCUT2D eigenvalue weighted by Crippen LogP contribution is 2.33. The highest BCUT2D eigenvalue weighted by Gasteiger charge is 2.33. The van der Waals surface area contributed by atoms with Gasteiger partial charge in [0.05, 0.1) is 10.6 Å². The second-order valence-electron chi connectivity index (χ2n) is 7.46. The van der Waals surface area contributed by atoms with E-state index in [0.29, 0.717) is 24.4 Å². The van der Waals surface area contributed by atoms with E-state index < -0.39 is 10.0 Å². The number of carbonyl (C=O) groups is 1. The molecule has 1 fully saturated rings. The number of hydrogen-bond acceptors (Lipinski definition) is 4. The van der Waals surface area contributed by atoms with Crippen molar-refractivity contribution in [3.8, 4) is 0 Å². The zero-order valence-corrected chi connectivity index (χ0v) is 16.9. The van der Waals surface area contributed by atoms with Crippen LogP contribution in [0.5, 0.6) is 0 Å². The van der Waals surface area contributed by atoms with E-state index >= 15 is 0 Å². The van der Waals surface area contributed by atoms with Crippen LogP contribution in [0.4, 0.5) is 11.4 Å². The molecule has 0 spiro atoms. The van der Waals surface area contributed by atoms with Gasteiger partial charge in [-0.3, -0.25) is 9.52 Å². The molecule has 0 aromatic heterocycles. The van der Waals surface area contributed by atoms with Crippen molar-refractivity contribution in [2.24, 2.45) is 0 Å². The van der Waals surface area contributed by atoms with E-state index in [9.17, 15) is 13.2 Å². The maximum absolute atomic E-state index is 12.8. The maximum Gasteiger partial charge on any atom is 0.262 e. The summed E-state index contributed by atoms with van der Waals surface area (Å²) in [6.07, 6.45) is 2.01. The number of anilines is 2. The molecule has 1 atom stereocenters. The Balaban J connectivity index is 1.60. The van der Waals surface area contributed by atoms with Crippen molar-refractivity contribution in [2.45, 2.75) is 44.1 Å². The minimum Gasteiger partial charge on any atom is -0.368 e. The lowest BCUT2D eigenvalue weighted by Gasteiger charge is -2.21. The lowest BCUT2D eigenvalue weighted by Crippen LogP contribution is -2.37. The smallest absolute Gasteiger partial charge is 0.262 e. The van der Waals surface area contributed by atoms with Crippen LogP contribution in [0.15, 0.2) is 41.3 Å². The molecule has 1 unspecified atom stereocenters. The SMILES string of the molecule is Cc1ccc(S(=O)(=O)Nc2ccc3c(c2)N(C(=O)C2CCCO2)CC3)c(C)c1. The molecule has 4 rings (SSSR count). The Morgan fingerprint density at radius 1 is 1.18 bits per heavy atom. The third-order valence-electron chi connectivity index (χ3n) is 5.32. The number of nitrogens with one attached hydrogen (secondary N) is 1. The molecule has 1 N–H and O–H groups in total. The quantitative estimate of drug-likeness (QED) is 0.855. The molecule has 2 aliphatic rings. The molecular weight excluding hydrogens is 376 g/mol. The first kappa shape index (κ1) is 19.0. The Kier molecular flexibility index (Phi) is 4.89. The van der Waals surface area contributed by atoms with E-state index in [1.165, 1.54) is 0 Å². The predicted molar refractivity (Wildman–Crippen MR) is 108 cm³/mol. The lowest BCUT2D eigenvalue weighted by molar-refractivity contribution is -0.127. The van der Waals surface area contributed by atoms with Gasteiger partial charge in [0.25, 0.3) is 15.9 Å². The number of benzene rings is 2. The second-order valence-corrected chi connectivity index (χ2v) is 9.11. The van der Waals surface area contributed by atoms with Gasteiger partial charge in [-0.2, -0.15) is 0 Å². The zero-order chi connectivity index (χ0) is 19.9. The van der Waals surface area contributed by atoms with Crippen molar-refractivity contribution >= 4 is 27.3 Å². The standard InChI is InChI=1S/C21H24N2O4S/c1-14-5-8-20(15(2)12-14)28(25,26)22-17-7-6-16-9-10-23(18(16)13-17)21(24)19-4-3-11-27-19/h5-8,12-13,19,22H,3-4,9-11H2,1-2H3. The molecule has 2 aromatic carbocycles. The summed E-state index contributed by atoms with van der Waals surface area (Å²) in [6, 6.07) is 10.6. The molecule has 2 aromatic rings. The second kappa shape index (κ2) is 7.22. The van der Waals surface area contributed by atoms with E-state index in [0.717, 1.165) is 36.1 Å². The van der Waals surface area contributed by atoms with Gasteiger partial charge in [-0.25, -0.2) is 8.42 Å². The number of carbonyl (C=O) groups excluding carboxylic acids is 1. The first-order valence-electron chi connectivity index (χ1n) is 9.51. The van der Waals surface area contributed by atoms with Crippen molar-refractivity contribution in [1.82, 2.24) is 0 Å². The number of ether oxygens (including phenoxy) is 1. The van der Waals surface area contributed by atoms with Crippen LogP contribution in [0.25, 0.3) is 0 Å². The third kappa shape index (κ3) is 3.52. The average Bonchev–Trinajstić information content (AvgIpc) is 3.30. The number of fused-ring (bicyclic) bond motifs is 1. The average molecular weight is 401 g/mol. The van der Waals surface area contributed by atoms with Gasteiger partial charge in [0.1, 0.15) is 6.10 Å². The number of amides is 1. The van der Waals surface area contributed by atoms with Gasteiger partial charge in [0.15, 0.2) is 0 Å². The molecule has 148 valence electrons. The number of nitrogens with zero attached hydrogens (tertiary/aromatic N) is 1. The van der Waals surface area contributed by atoms with Crippen LogP contribution in [0.2, 0.25) is 0 Å². The molecule has 0 aliphatic carbocycles. The number of hydrogen-bond donors (Lipinski definition) is 1. The summed E-state index contributed by atoms with van der Waals surface area (Å²) >= 11 is 0. The highest BCUT2D eigenvalue weighted by atomic mass is 32.2. The summed E-state index contributed by atoms with van der Waals surface area (Å²) < 4.78 is 33.9. The first-order valence-corrected chi connectivity index (χ1v) is 11.0. The zero-order valence-electron chi connectivity index (χ0n) is 16.1. The molecule has 1 saturated heterocycles. The Morgan fingerprint density at radius 3 is 2.71 bits per heavy atom. The van der Waals surface area contributed by atoms with E-state index in [2.05, 4.69) is 4.72 Å². The molecule has 2 aliphatic heterocycles. The van der Waals surface area contributed by atoms with Gasteiger partial charge in [-0.15, -0.1) is 0 Å². The van der Waals surface area contributed by atoms with E-state index in [1.807, 2.05) is 19.1 Å². The van der Waals surface area contributed by atoms with Crippen LogP contribution in [-0.4, -0.2) is 33.6 Å². The largest absolute Gasteiger partial charge is 0.368 e. The number of aryl methyl sites for hydroxylation is 2. The van der Waals surface area contributed by atoms with Crippen LogP contribution >= 0.6 is 0 Å². The predicted octanol–water partition coefficient (Wildman–Crippen LogP) is 3.17. The fourth-order valence-corrected chi connectivity index (χ4v) is 5.21.